The van der Waals surface area contributed by atoms with Crippen molar-refractivity contribution in [3.63, 3.8) is 0 Å². The molecule has 2 fully saturated rings. The summed E-state index contributed by atoms with van der Waals surface area (Å²) < 4.78 is 16.0. The first kappa shape index (κ1) is 26.0. The molecule has 3 aromatic rings. The number of amides is 1. The Morgan fingerprint density at radius 1 is 1.08 bits per heavy atom. The van der Waals surface area contributed by atoms with Gasteiger partial charge in [0.2, 0.25) is 5.88 Å². The third-order valence-electron chi connectivity index (χ3n) is 7.02. The van der Waals surface area contributed by atoms with Gasteiger partial charge in [-0.3, -0.25) is 14.6 Å². The van der Waals surface area contributed by atoms with Gasteiger partial charge in [-0.1, -0.05) is 41.9 Å². The molecule has 1 atom stereocenters. The van der Waals surface area contributed by atoms with Gasteiger partial charge >= 0.3 is 12.1 Å². The van der Waals surface area contributed by atoms with Crippen LogP contribution in [-0.2, 0) is 27.2 Å². The molecule has 3 heterocycles. The van der Waals surface area contributed by atoms with E-state index >= 15 is 0 Å². The minimum atomic E-state index is -0.277. The van der Waals surface area contributed by atoms with Gasteiger partial charge in [-0.15, -0.1) is 0 Å². The van der Waals surface area contributed by atoms with E-state index in [-0.39, 0.29) is 30.6 Å². The Labute approximate surface area is 227 Å². The van der Waals surface area contributed by atoms with Gasteiger partial charge in [0, 0.05) is 43.0 Å². The van der Waals surface area contributed by atoms with Crippen LogP contribution in [0, 0.1) is 0 Å². The lowest BCUT2D eigenvalue weighted by molar-refractivity contribution is -0.139. The van der Waals surface area contributed by atoms with E-state index in [1.54, 1.807) is 0 Å². The first-order valence-electron chi connectivity index (χ1n) is 12.7. The zero-order chi connectivity index (χ0) is 26.5. The first-order chi connectivity index (χ1) is 18.5. The van der Waals surface area contributed by atoms with Gasteiger partial charge in [0.25, 0.3) is 0 Å². The number of ether oxygens (including phenoxy) is 3. The van der Waals surface area contributed by atoms with E-state index in [2.05, 4.69) is 9.88 Å². The van der Waals surface area contributed by atoms with E-state index in [1.165, 1.54) is 7.11 Å². The fraction of sp³-hybridized carbons (Fsp3) is 0.345. The molecule has 0 N–H and O–H groups in total. The number of aromatic nitrogens is 1. The van der Waals surface area contributed by atoms with Gasteiger partial charge in [0.1, 0.15) is 12.4 Å². The summed E-state index contributed by atoms with van der Waals surface area (Å²) in [6.07, 6.45) is 3.58. The molecule has 0 radical (unpaired) electrons. The molecule has 0 aliphatic carbocycles. The van der Waals surface area contributed by atoms with Gasteiger partial charge in [-0.25, -0.2) is 9.78 Å². The molecule has 198 valence electrons. The highest BCUT2D eigenvalue weighted by molar-refractivity contribution is 6.30. The molecule has 5 rings (SSSR count). The van der Waals surface area contributed by atoms with Gasteiger partial charge in [-0.2, -0.15) is 0 Å². The Kier molecular flexibility index (Phi) is 8.10. The van der Waals surface area contributed by atoms with E-state index in [4.69, 9.17) is 25.8 Å². The molecule has 2 aliphatic heterocycles. The number of nitrogens with zero attached hydrogens (tertiary/aromatic N) is 3. The second-order valence-corrected chi connectivity index (χ2v) is 10.0. The highest BCUT2D eigenvalue weighted by Crippen LogP contribution is 2.34. The molecule has 0 saturated carbocycles. The lowest BCUT2D eigenvalue weighted by Gasteiger charge is -2.38. The van der Waals surface area contributed by atoms with Crippen molar-refractivity contribution in [2.45, 2.75) is 37.9 Å². The summed E-state index contributed by atoms with van der Waals surface area (Å²) in [6.45, 7) is 2.90. The van der Waals surface area contributed by atoms with Crippen LogP contribution in [0.25, 0.3) is 0 Å². The average Bonchev–Trinajstić information content (AvgIpc) is 3.32. The number of rotatable bonds is 8. The zero-order valence-corrected chi connectivity index (χ0v) is 22.0. The topological polar surface area (TPSA) is 81.2 Å². The summed E-state index contributed by atoms with van der Waals surface area (Å²) in [7, 11) is 1.38. The molecule has 2 saturated heterocycles. The summed E-state index contributed by atoms with van der Waals surface area (Å²) in [5.41, 5.74) is 2.97. The van der Waals surface area contributed by atoms with E-state index in [1.807, 2.05) is 71.8 Å². The Hall–Kier alpha value is -3.62. The predicted molar refractivity (Wildman–Crippen MR) is 142 cm³/mol. The molecule has 2 aliphatic rings. The van der Waals surface area contributed by atoms with Crippen LogP contribution in [0.15, 0.2) is 66.9 Å². The van der Waals surface area contributed by atoms with Gasteiger partial charge in [0.15, 0.2) is 0 Å². The molecule has 0 spiro atoms. The maximum atomic E-state index is 12.6. The second-order valence-electron chi connectivity index (χ2n) is 9.57. The smallest absolute Gasteiger partial charge is 0.410 e. The number of hydrogen-bond acceptors (Lipinski definition) is 7. The predicted octanol–water partition coefficient (Wildman–Crippen LogP) is 5.40. The fourth-order valence-electron chi connectivity index (χ4n) is 5.02. The Morgan fingerprint density at radius 3 is 2.53 bits per heavy atom. The molecule has 0 bridgehead atoms. The molecule has 9 heteroatoms. The van der Waals surface area contributed by atoms with Crippen LogP contribution in [0.4, 0.5) is 4.79 Å². The van der Waals surface area contributed by atoms with Crippen LogP contribution in [0.3, 0.4) is 0 Å². The van der Waals surface area contributed by atoms with Crippen molar-refractivity contribution in [2.75, 3.05) is 26.8 Å². The quantitative estimate of drug-likeness (QED) is 0.357. The lowest BCUT2D eigenvalue weighted by Crippen LogP contribution is -2.46. The zero-order valence-electron chi connectivity index (χ0n) is 21.2. The van der Waals surface area contributed by atoms with Crippen molar-refractivity contribution in [2.24, 2.45) is 0 Å². The molecule has 0 unspecified atom stereocenters. The van der Waals surface area contributed by atoms with Crippen LogP contribution < -0.4 is 4.74 Å². The number of benzene rings is 2. The van der Waals surface area contributed by atoms with Crippen LogP contribution in [0.2, 0.25) is 5.02 Å². The Morgan fingerprint density at radius 2 is 1.84 bits per heavy atom. The summed E-state index contributed by atoms with van der Waals surface area (Å²) in [4.78, 5) is 32.7. The Balaban J connectivity index is 1.12. The standard InChI is InChI=1S/C29H30ClN3O5/c1-36-28(34)15-20-5-8-25(9-6-20)38-27-10-7-21(17-31-27)18-32-13-11-24(12-14-32)33-26(19-37-29(33)35)22-3-2-4-23(30)16-22/h2-10,16-17,24,26H,11-15,18-19H2,1H3/t26-/m0/s1. The summed E-state index contributed by atoms with van der Waals surface area (Å²) in [5.74, 6) is 0.880. The number of hydrogen-bond donors (Lipinski definition) is 0. The molecule has 8 nitrogen and oxygen atoms in total. The molecule has 38 heavy (non-hydrogen) atoms. The molecule has 1 aromatic heterocycles. The monoisotopic (exact) mass is 535 g/mol. The van der Waals surface area contributed by atoms with Crippen molar-refractivity contribution >= 4 is 23.7 Å². The molecule has 2 aromatic carbocycles. The van der Waals surface area contributed by atoms with E-state index in [0.29, 0.717) is 23.3 Å². The normalized spacial score (nSPS) is 18.3. The van der Waals surface area contributed by atoms with Gasteiger partial charge < -0.3 is 14.2 Å². The minimum Gasteiger partial charge on any atom is -0.469 e. The van der Waals surface area contributed by atoms with Crippen molar-refractivity contribution in [3.05, 3.63) is 88.6 Å². The number of likely N-dealkylation sites (tertiary alicyclic amines) is 1. The fourth-order valence-corrected chi connectivity index (χ4v) is 5.22. The van der Waals surface area contributed by atoms with Gasteiger partial charge in [0.05, 0.1) is 19.6 Å². The summed E-state index contributed by atoms with van der Waals surface area (Å²) >= 11 is 6.19. The van der Waals surface area contributed by atoms with Gasteiger partial charge in [-0.05, 0) is 53.8 Å². The number of cyclic esters (lactones) is 1. The highest BCUT2D eigenvalue weighted by Gasteiger charge is 2.40. The third kappa shape index (κ3) is 6.26. The number of methoxy groups -OCH3 is 1. The average molecular weight is 536 g/mol. The van der Waals surface area contributed by atoms with Crippen molar-refractivity contribution in [1.29, 1.82) is 0 Å². The van der Waals surface area contributed by atoms with Crippen LogP contribution >= 0.6 is 11.6 Å². The van der Waals surface area contributed by atoms with Crippen molar-refractivity contribution in [3.8, 4) is 11.6 Å². The third-order valence-corrected chi connectivity index (χ3v) is 7.26. The Bertz CT molecular complexity index is 1260. The number of halogens is 1. The van der Waals surface area contributed by atoms with Crippen LogP contribution in [0.5, 0.6) is 11.6 Å². The number of carbonyl (C=O) groups excluding carboxylic acids is 2. The summed E-state index contributed by atoms with van der Waals surface area (Å²) in [5, 5.41) is 0.662. The maximum absolute atomic E-state index is 12.6. The number of esters is 1. The molecular formula is C29H30ClN3O5. The SMILES string of the molecule is COC(=O)Cc1ccc(Oc2ccc(CN3CCC(N4C(=O)OC[C@H]4c4cccc(Cl)c4)CC3)cn2)cc1. The van der Waals surface area contributed by atoms with Crippen molar-refractivity contribution < 1.29 is 23.8 Å². The van der Waals surface area contributed by atoms with Crippen molar-refractivity contribution in [1.82, 2.24) is 14.8 Å². The van der Waals surface area contributed by atoms with E-state index < -0.39 is 0 Å². The summed E-state index contributed by atoms with van der Waals surface area (Å²) in [6, 6.07) is 18.9. The highest BCUT2D eigenvalue weighted by atomic mass is 35.5. The molecular weight excluding hydrogens is 506 g/mol. The number of piperidine rings is 1. The maximum Gasteiger partial charge on any atom is 0.410 e. The van der Waals surface area contributed by atoms with Crippen LogP contribution in [0.1, 0.15) is 35.6 Å². The first-order valence-corrected chi connectivity index (χ1v) is 13.1. The second kappa shape index (κ2) is 11.8. The van der Waals surface area contributed by atoms with E-state index in [9.17, 15) is 9.59 Å². The lowest BCUT2D eigenvalue weighted by atomic mass is 9.99. The number of carbonyl (C=O) groups is 2. The largest absolute Gasteiger partial charge is 0.469 e. The minimum absolute atomic E-state index is 0.0986. The number of pyridine rings is 1. The van der Waals surface area contributed by atoms with E-state index in [0.717, 1.165) is 49.2 Å². The molecule has 1 amide bonds. The van der Waals surface area contributed by atoms with Crippen LogP contribution in [-0.4, -0.2) is 59.7 Å².